The van der Waals surface area contributed by atoms with Crippen LogP contribution in [-0.2, 0) is 4.74 Å². The second-order valence-electron chi connectivity index (χ2n) is 3.78. The van der Waals surface area contributed by atoms with Gasteiger partial charge in [0, 0.05) is 6.61 Å². The average molecular weight is 294 g/mol. The van der Waals surface area contributed by atoms with Crippen molar-refractivity contribution in [1.29, 1.82) is 0 Å². The van der Waals surface area contributed by atoms with Gasteiger partial charge in [0.2, 0.25) is 0 Å². The Balaban J connectivity index is 2.53. The van der Waals surface area contributed by atoms with Gasteiger partial charge in [-0.3, -0.25) is 4.79 Å². The van der Waals surface area contributed by atoms with Crippen molar-refractivity contribution >= 4 is 29.0 Å². The fourth-order valence-electron chi connectivity index (χ4n) is 1.71. The van der Waals surface area contributed by atoms with Gasteiger partial charge in [0.1, 0.15) is 5.02 Å². The zero-order valence-corrected chi connectivity index (χ0v) is 10.6. The van der Waals surface area contributed by atoms with Crippen LogP contribution in [0.25, 0.3) is 0 Å². The second-order valence-corrected chi connectivity index (χ2v) is 4.54. The summed E-state index contributed by atoms with van der Waals surface area (Å²) in [5.41, 5.74) is -0.681. The molecule has 1 unspecified atom stereocenters. The smallest absolute Gasteiger partial charge is 0.358 e. The van der Waals surface area contributed by atoms with Crippen molar-refractivity contribution in [3.63, 3.8) is 0 Å². The highest BCUT2D eigenvalue weighted by atomic mass is 35.5. The van der Waals surface area contributed by atoms with Crippen LogP contribution in [-0.4, -0.2) is 21.3 Å². The topological polar surface area (TPSA) is 87.3 Å². The summed E-state index contributed by atoms with van der Waals surface area (Å²) in [6, 6.07) is 0. The van der Waals surface area contributed by atoms with Gasteiger partial charge in [-0.05, 0) is 24.2 Å². The van der Waals surface area contributed by atoms with E-state index >= 15 is 0 Å². The van der Waals surface area contributed by atoms with Crippen LogP contribution in [0.15, 0.2) is 4.79 Å². The third-order valence-electron chi connectivity index (χ3n) is 2.59. The first-order valence-corrected chi connectivity index (χ1v) is 6.01. The Morgan fingerprint density at radius 1 is 1.39 bits per heavy atom. The summed E-state index contributed by atoms with van der Waals surface area (Å²) < 4.78 is 6.24. The molecule has 1 aromatic heterocycles. The van der Waals surface area contributed by atoms with Crippen LogP contribution in [0.5, 0.6) is 0 Å². The number of aromatic nitrogens is 2. The minimum Gasteiger partial charge on any atom is -0.358 e. The Morgan fingerprint density at radius 3 is 2.67 bits per heavy atom. The Hall–Kier alpha value is -1.18. The first kappa shape index (κ1) is 13.3. The van der Waals surface area contributed by atoms with Crippen molar-refractivity contribution in [2.75, 3.05) is 6.61 Å². The maximum absolute atomic E-state index is 11.8. The molecule has 1 atom stereocenters. The quantitative estimate of drug-likeness (QED) is 0.616. The third kappa shape index (κ3) is 2.33. The van der Waals surface area contributed by atoms with E-state index in [2.05, 4.69) is 5.10 Å². The van der Waals surface area contributed by atoms with Gasteiger partial charge in [-0.1, -0.05) is 23.2 Å². The molecular formula is C9H9Cl2N3O4. The van der Waals surface area contributed by atoms with Gasteiger partial charge in [-0.15, -0.1) is 4.68 Å². The highest BCUT2D eigenvalue weighted by Crippen LogP contribution is 2.28. The number of nitro groups is 1. The van der Waals surface area contributed by atoms with E-state index in [1.165, 1.54) is 0 Å². The van der Waals surface area contributed by atoms with Crippen molar-refractivity contribution in [2.24, 2.45) is 0 Å². The predicted molar refractivity (Wildman–Crippen MR) is 64.0 cm³/mol. The van der Waals surface area contributed by atoms with Crippen LogP contribution in [0.2, 0.25) is 10.0 Å². The SMILES string of the molecule is O=c1c(Cl)c(Cl)c([N+](=O)[O-])nn1C1CCCCO1. The largest absolute Gasteiger partial charge is 0.409 e. The van der Waals surface area contributed by atoms with Gasteiger partial charge >= 0.3 is 11.4 Å². The lowest BCUT2D eigenvalue weighted by Crippen LogP contribution is -2.32. The highest BCUT2D eigenvalue weighted by molar-refractivity contribution is 6.42. The molecule has 0 amide bonds. The Bertz CT molecular complexity index is 539. The maximum atomic E-state index is 11.8. The molecular weight excluding hydrogens is 285 g/mol. The monoisotopic (exact) mass is 293 g/mol. The van der Waals surface area contributed by atoms with Crippen molar-refractivity contribution in [2.45, 2.75) is 25.5 Å². The molecule has 1 aliphatic rings. The van der Waals surface area contributed by atoms with E-state index in [9.17, 15) is 14.9 Å². The van der Waals surface area contributed by atoms with E-state index in [4.69, 9.17) is 27.9 Å². The number of hydrogen-bond donors (Lipinski definition) is 0. The number of nitrogens with zero attached hydrogens (tertiary/aromatic N) is 3. The Labute approximate surface area is 111 Å². The summed E-state index contributed by atoms with van der Waals surface area (Å²) in [5, 5.41) is 13.5. The summed E-state index contributed by atoms with van der Waals surface area (Å²) in [6.07, 6.45) is 1.67. The van der Waals surface area contributed by atoms with Crippen LogP contribution < -0.4 is 5.56 Å². The van der Waals surface area contributed by atoms with E-state index in [1.54, 1.807) is 0 Å². The van der Waals surface area contributed by atoms with Crippen molar-refractivity contribution < 1.29 is 9.66 Å². The molecule has 7 nitrogen and oxygen atoms in total. The fourth-order valence-corrected chi connectivity index (χ4v) is 2.07. The molecule has 0 aromatic carbocycles. The normalized spacial score (nSPS) is 19.8. The summed E-state index contributed by atoms with van der Waals surface area (Å²) in [4.78, 5) is 21.8. The molecule has 0 bridgehead atoms. The summed E-state index contributed by atoms with van der Waals surface area (Å²) in [7, 11) is 0. The van der Waals surface area contributed by atoms with Gasteiger partial charge in [0.25, 0.3) is 0 Å². The van der Waals surface area contributed by atoms with Crippen LogP contribution in [0.1, 0.15) is 25.5 Å². The summed E-state index contributed by atoms with van der Waals surface area (Å²) in [5.74, 6) is -0.643. The lowest BCUT2D eigenvalue weighted by Gasteiger charge is -2.20. The first-order chi connectivity index (χ1) is 8.52. The van der Waals surface area contributed by atoms with Gasteiger partial charge in [0.05, 0.1) is 5.10 Å². The van der Waals surface area contributed by atoms with Gasteiger partial charge < -0.3 is 14.9 Å². The predicted octanol–water partition coefficient (Wildman–Crippen LogP) is 2.16. The lowest BCUT2D eigenvalue weighted by molar-refractivity contribution is -0.390. The molecule has 9 heteroatoms. The summed E-state index contributed by atoms with van der Waals surface area (Å²) in [6.45, 7) is 0.479. The molecule has 0 radical (unpaired) electrons. The molecule has 0 N–H and O–H groups in total. The molecule has 1 aromatic rings. The van der Waals surface area contributed by atoms with Crippen LogP contribution in [0.4, 0.5) is 5.82 Å². The van der Waals surface area contributed by atoms with Crippen molar-refractivity contribution in [1.82, 2.24) is 9.78 Å². The third-order valence-corrected chi connectivity index (χ3v) is 3.39. The van der Waals surface area contributed by atoms with Gasteiger partial charge in [0.15, 0.2) is 11.3 Å². The van der Waals surface area contributed by atoms with Crippen molar-refractivity contribution in [3.05, 3.63) is 30.5 Å². The fraction of sp³-hybridized carbons (Fsp3) is 0.556. The number of rotatable bonds is 2. The van der Waals surface area contributed by atoms with Gasteiger partial charge in [-0.25, -0.2) is 0 Å². The maximum Gasteiger partial charge on any atom is 0.409 e. The van der Waals surface area contributed by atoms with E-state index in [1.807, 2.05) is 0 Å². The van der Waals surface area contributed by atoms with Crippen molar-refractivity contribution in [3.8, 4) is 0 Å². The Kier molecular flexibility index (Phi) is 3.84. The molecule has 2 rings (SSSR count). The van der Waals surface area contributed by atoms with E-state index in [0.29, 0.717) is 13.0 Å². The molecule has 1 aliphatic heterocycles. The zero-order valence-electron chi connectivity index (χ0n) is 9.14. The Morgan fingerprint density at radius 2 is 2.11 bits per heavy atom. The van der Waals surface area contributed by atoms with E-state index < -0.39 is 32.6 Å². The van der Waals surface area contributed by atoms with Gasteiger partial charge in [-0.2, -0.15) is 0 Å². The van der Waals surface area contributed by atoms with E-state index in [0.717, 1.165) is 17.5 Å². The van der Waals surface area contributed by atoms with Crippen LogP contribution >= 0.6 is 23.2 Å². The second kappa shape index (κ2) is 5.21. The minimum atomic E-state index is -0.785. The number of ether oxygens (including phenoxy) is 1. The zero-order chi connectivity index (χ0) is 13.3. The molecule has 2 heterocycles. The molecule has 0 saturated carbocycles. The molecule has 98 valence electrons. The lowest BCUT2D eigenvalue weighted by atomic mass is 10.2. The highest BCUT2D eigenvalue weighted by Gasteiger charge is 2.29. The minimum absolute atomic E-state index is 0.410. The van der Waals surface area contributed by atoms with Crippen LogP contribution in [0.3, 0.4) is 0 Å². The number of halogens is 2. The molecule has 18 heavy (non-hydrogen) atoms. The molecule has 1 fully saturated rings. The molecule has 0 spiro atoms. The molecule has 0 aliphatic carbocycles. The average Bonchev–Trinajstić information content (AvgIpc) is 2.37. The standard InChI is InChI=1S/C9H9Cl2N3O4/c10-6-7(11)9(15)13(12-8(6)14(16)17)5-3-1-2-4-18-5/h5H,1-4H2. The molecule has 1 saturated heterocycles. The number of hydrogen-bond acceptors (Lipinski definition) is 5. The van der Waals surface area contributed by atoms with Crippen LogP contribution in [0, 0.1) is 10.1 Å². The first-order valence-electron chi connectivity index (χ1n) is 5.26. The van der Waals surface area contributed by atoms with E-state index in [-0.39, 0.29) is 0 Å². The summed E-state index contributed by atoms with van der Waals surface area (Å²) >= 11 is 11.3.